The number of methoxy groups -OCH3 is 1. The first-order chi connectivity index (χ1) is 14.3. The largest absolute Gasteiger partial charge is 0.504 e. The van der Waals surface area contributed by atoms with Crippen LogP contribution in [0.5, 0.6) is 0 Å². The summed E-state index contributed by atoms with van der Waals surface area (Å²) in [6.07, 6.45) is 17.4. The molecular formula is C28H50O2. The lowest BCUT2D eigenvalue weighted by Gasteiger charge is -2.01. The standard InChI is InChI=1S/C12H18O2.C12H20.2C2H6/c1-4-5-6-12(9-10-14-3)8-7-11(2)13;1-6-7-11(4)12(5)9-8-10(2)3;2*1-2/h4-6,9-10H,7-8H2,1-3H3;8-9H,2,6-7H2,1,3-5H3;2*1-2H3/b5-4-,10-9+,12-6-;9-8-,12-11+;;. The third-order valence-electron chi connectivity index (χ3n) is 3.60. The molecule has 0 radical (unpaired) electrons. The average molecular weight is 419 g/mol. The van der Waals surface area contributed by atoms with Crippen molar-refractivity contribution in [3.05, 3.63) is 71.6 Å². The molecule has 0 atom stereocenters. The molecule has 0 amide bonds. The smallest absolute Gasteiger partial charge is 0.130 e. The van der Waals surface area contributed by atoms with Gasteiger partial charge in [-0.05, 0) is 59.1 Å². The highest BCUT2D eigenvalue weighted by atomic mass is 16.5. The maximum Gasteiger partial charge on any atom is 0.130 e. The van der Waals surface area contributed by atoms with Crippen molar-refractivity contribution in [2.24, 2.45) is 0 Å². The van der Waals surface area contributed by atoms with Gasteiger partial charge in [0.25, 0.3) is 0 Å². The number of ether oxygens (including phenoxy) is 1. The van der Waals surface area contributed by atoms with Crippen molar-refractivity contribution in [1.82, 2.24) is 0 Å². The van der Waals surface area contributed by atoms with E-state index in [0.717, 1.165) is 17.6 Å². The molecule has 0 saturated carbocycles. The zero-order chi connectivity index (χ0) is 24.4. The number of ketones is 1. The highest BCUT2D eigenvalue weighted by molar-refractivity contribution is 5.75. The average Bonchev–Trinajstić information content (AvgIpc) is 2.74. The molecule has 0 spiro atoms. The first kappa shape index (κ1) is 35.4. The summed E-state index contributed by atoms with van der Waals surface area (Å²) in [5.74, 6) is 0.210. The number of hydrogen-bond donors (Lipinski definition) is 0. The van der Waals surface area contributed by atoms with E-state index in [-0.39, 0.29) is 5.78 Å². The van der Waals surface area contributed by atoms with Gasteiger partial charge in [-0.3, -0.25) is 0 Å². The minimum atomic E-state index is 0.210. The molecule has 0 heterocycles. The Morgan fingerprint density at radius 2 is 1.47 bits per heavy atom. The quantitative estimate of drug-likeness (QED) is 0.261. The Bertz CT molecular complexity index is 555. The Morgan fingerprint density at radius 3 is 1.87 bits per heavy atom. The van der Waals surface area contributed by atoms with Crippen LogP contribution in [0.4, 0.5) is 0 Å². The molecule has 0 N–H and O–H groups in total. The van der Waals surface area contributed by atoms with Crippen molar-refractivity contribution in [2.45, 2.75) is 94.9 Å². The number of allylic oxidation sites excluding steroid dienone is 10. The van der Waals surface area contributed by atoms with E-state index in [1.54, 1.807) is 20.3 Å². The zero-order valence-corrected chi connectivity index (χ0v) is 21.9. The molecule has 0 saturated heterocycles. The molecule has 0 rings (SSSR count). The molecule has 0 aromatic heterocycles. The first-order valence-electron chi connectivity index (χ1n) is 11.3. The Balaban J connectivity index is -0.000000194. The molecule has 30 heavy (non-hydrogen) atoms. The lowest BCUT2D eigenvalue weighted by atomic mass is 10.1. The van der Waals surface area contributed by atoms with Gasteiger partial charge in [-0.2, -0.15) is 0 Å². The van der Waals surface area contributed by atoms with Crippen LogP contribution in [-0.4, -0.2) is 12.9 Å². The van der Waals surface area contributed by atoms with Gasteiger partial charge in [0.15, 0.2) is 0 Å². The second kappa shape index (κ2) is 29.1. The Hall–Kier alpha value is -2.09. The fourth-order valence-corrected chi connectivity index (χ4v) is 1.90. The van der Waals surface area contributed by atoms with Crippen LogP contribution in [0, 0.1) is 0 Å². The summed E-state index contributed by atoms with van der Waals surface area (Å²) in [4.78, 5) is 10.8. The van der Waals surface area contributed by atoms with Gasteiger partial charge >= 0.3 is 0 Å². The second-order valence-electron chi connectivity index (χ2n) is 6.40. The summed E-state index contributed by atoms with van der Waals surface area (Å²) < 4.78 is 4.83. The predicted octanol–water partition coefficient (Wildman–Crippen LogP) is 9.33. The van der Waals surface area contributed by atoms with Gasteiger partial charge in [0.05, 0.1) is 13.4 Å². The van der Waals surface area contributed by atoms with Crippen LogP contribution < -0.4 is 0 Å². The molecule has 0 aromatic rings. The minimum absolute atomic E-state index is 0.210. The lowest BCUT2D eigenvalue weighted by molar-refractivity contribution is -0.116. The number of Topliss-reactive ketones (excluding diaryl/α,β-unsaturated/α-hetero) is 1. The van der Waals surface area contributed by atoms with Crippen molar-refractivity contribution in [3.8, 4) is 0 Å². The molecule has 2 heteroatoms. The molecule has 0 aliphatic carbocycles. The molecular weight excluding hydrogens is 368 g/mol. The SMILES string of the molecule is C=C(C)/C=C\C(C)=C(/C)CCC.CC.CC.C\C=C/C=C(\C=C\OC)CCC(C)=O. The van der Waals surface area contributed by atoms with E-state index >= 15 is 0 Å². The predicted molar refractivity (Wildman–Crippen MR) is 139 cm³/mol. The van der Waals surface area contributed by atoms with Gasteiger partial charge in [-0.15, -0.1) is 0 Å². The van der Waals surface area contributed by atoms with Crippen molar-refractivity contribution in [3.63, 3.8) is 0 Å². The van der Waals surface area contributed by atoms with Crippen LogP contribution in [0.25, 0.3) is 0 Å². The van der Waals surface area contributed by atoms with E-state index in [0.29, 0.717) is 6.42 Å². The van der Waals surface area contributed by atoms with Crippen molar-refractivity contribution < 1.29 is 9.53 Å². The third-order valence-corrected chi connectivity index (χ3v) is 3.60. The van der Waals surface area contributed by atoms with E-state index < -0.39 is 0 Å². The van der Waals surface area contributed by atoms with Gasteiger partial charge in [0.2, 0.25) is 0 Å². The summed E-state index contributed by atoms with van der Waals surface area (Å²) in [5.41, 5.74) is 5.06. The summed E-state index contributed by atoms with van der Waals surface area (Å²) in [7, 11) is 1.61. The van der Waals surface area contributed by atoms with Crippen molar-refractivity contribution >= 4 is 5.78 Å². The summed E-state index contributed by atoms with van der Waals surface area (Å²) in [6, 6.07) is 0. The van der Waals surface area contributed by atoms with Gasteiger partial charge < -0.3 is 9.53 Å². The maximum absolute atomic E-state index is 10.8. The molecule has 0 bridgehead atoms. The van der Waals surface area contributed by atoms with E-state index in [1.807, 2.05) is 65.8 Å². The Morgan fingerprint density at radius 1 is 0.900 bits per heavy atom. The lowest BCUT2D eigenvalue weighted by Crippen LogP contribution is -1.90. The maximum atomic E-state index is 10.8. The fourth-order valence-electron chi connectivity index (χ4n) is 1.90. The molecule has 0 aromatic carbocycles. The fraction of sp³-hybridized carbons (Fsp3) is 0.536. The van der Waals surface area contributed by atoms with Crippen LogP contribution in [0.2, 0.25) is 0 Å². The topological polar surface area (TPSA) is 26.3 Å². The number of rotatable bonds is 10. The summed E-state index contributed by atoms with van der Waals surface area (Å²) in [5, 5.41) is 0. The van der Waals surface area contributed by atoms with Crippen LogP contribution in [0.1, 0.15) is 94.9 Å². The summed E-state index contributed by atoms with van der Waals surface area (Å²) in [6.45, 7) is 24.0. The van der Waals surface area contributed by atoms with E-state index in [1.165, 1.54) is 24.0 Å². The molecule has 0 fully saturated rings. The van der Waals surface area contributed by atoms with Crippen LogP contribution in [0.15, 0.2) is 71.6 Å². The van der Waals surface area contributed by atoms with Crippen LogP contribution in [0.3, 0.4) is 0 Å². The first-order valence-corrected chi connectivity index (χ1v) is 11.3. The molecule has 0 aliphatic rings. The number of hydrogen-bond acceptors (Lipinski definition) is 2. The van der Waals surface area contributed by atoms with E-state index in [9.17, 15) is 4.79 Å². The molecule has 2 nitrogen and oxygen atoms in total. The summed E-state index contributed by atoms with van der Waals surface area (Å²) >= 11 is 0. The minimum Gasteiger partial charge on any atom is -0.504 e. The van der Waals surface area contributed by atoms with E-state index in [4.69, 9.17) is 4.74 Å². The van der Waals surface area contributed by atoms with Gasteiger partial charge in [0.1, 0.15) is 5.78 Å². The molecule has 174 valence electrons. The highest BCUT2D eigenvalue weighted by Gasteiger charge is 1.96. The molecule has 0 aliphatic heterocycles. The monoisotopic (exact) mass is 418 g/mol. The second-order valence-corrected chi connectivity index (χ2v) is 6.40. The third kappa shape index (κ3) is 30.6. The number of carbonyl (C=O) groups excluding carboxylic acids is 1. The Kier molecular flexibility index (Phi) is 34.3. The van der Waals surface area contributed by atoms with Gasteiger partial charge in [-0.1, -0.05) is 94.7 Å². The highest BCUT2D eigenvalue weighted by Crippen LogP contribution is 2.11. The van der Waals surface area contributed by atoms with Gasteiger partial charge in [-0.25, -0.2) is 0 Å². The number of carbonyl (C=O) groups is 1. The zero-order valence-electron chi connectivity index (χ0n) is 21.9. The van der Waals surface area contributed by atoms with Gasteiger partial charge in [0, 0.05) is 6.42 Å². The van der Waals surface area contributed by atoms with Crippen LogP contribution in [-0.2, 0) is 9.53 Å². The normalized spacial score (nSPS) is 11.6. The molecule has 0 unspecified atom stereocenters. The van der Waals surface area contributed by atoms with Crippen molar-refractivity contribution in [1.29, 1.82) is 0 Å². The van der Waals surface area contributed by atoms with E-state index in [2.05, 4.69) is 39.5 Å². The Labute approximate surface area is 189 Å². The van der Waals surface area contributed by atoms with Crippen molar-refractivity contribution in [2.75, 3.05) is 7.11 Å². The van der Waals surface area contributed by atoms with Crippen LogP contribution >= 0.6 is 0 Å².